The molecule has 4 aliphatic rings. The number of fused-ring (bicyclic) bond motifs is 5. The van der Waals surface area contributed by atoms with Gasteiger partial charge in [-0.3, -0.25) is 0 Å². The van der Waals surface area contributed by atoms with E-state index in [-0.39, 0.29) is 0 Å². The predicted octanol–water partition coefficient (Wildman–Crippen LogP) is 3.32. The molecule has 1 aliphatic heterocycles. The summed E-state index contributed by atoms with van der Waals surface area (Å²) >= 11 is 0. The van der Waals surface area contributed by atoms with Crippen LogP contribution in [-0.4, -0.2) is 25.4 Å². The van der Waals surface area contributed by atoms with E-state index in [2.05, 4.69) is 13.0 Å². The van der Waals surface area contributed by atoms with E-state index in [4.69, 9.17) is 9.47 Å². The highest BCUT2D eigenvalue weighted by Gasteiger charge is 2.57. The van der Waals surface area contributed by atoms with Gasteiger partial charge in [-0.25, -0.2) is 0 Å². The summed E-state index contributed by atoms with van der Waals surface area (Å²) in [6, 6.07) is 0. The highest BCUT2D eigenvalue weighted by Crippen LogP contribution is 2.58. The maximum atomic E-state index is 6.10. The molecular formula is C16H24O2. The molecule has 1 saturated heterocycles. The Kier molecular flexibility index (Phi) is 2.60. The Labute approximate surface area is 110 Å². The van der Waals surface area contributed by atoms with Gasteiger partial charge >= 0.3 is 0 Å². The van der Waals surface area contributed by atoms with Crippen LogP contribution in [0.1, 0.15) is 45.4 Å². The van der Waals surface area contributed by atoms with Gasteiger partial charge in [0.1, 0.15) is 0 Å². The van der Waals surface area contributed by atoms with E-state index in [1.807, 2.05) is 0 Å². The molecule has 0 aromatic rings. The molecule has 0 amide bonds. The molecule has 0 radical (unpaired) electrons. The fraction of sp³-hybridized carbons (Fsp3) is 0.875. The van der Waals surface area contributed by atoms with Crippen molar-refractivity contribution in [2.24, 2.45) is 17.3 Å². The van der Waals surface area contributed by atoms with Gasteiger partial charge in [-0.2, -0.15) is 0 Å². The first kappa shape index (κ1) is 11.5. The Hall–Kier alpha value is -0.340. The van der Waals surface area contributed by atoms with Crippen molar-refractivity contribution in [3.05, 3.63) is 11.6 Å². The van der Waals surface area contributed by atoms with Crippen LogP contribution in [0.15, 0.2) is 11.6 Å². The fourth-order valence-electron chi connectivity index (χ4n) is 5.13. The summed E-state index contributed by atoms with van der Waals surface area (Å²) in [5.41, 5.74) is 2.11. The van der Waals surface area contributed by atoms with Crippen molar-refractivity contribution in [2.45, 2.75) is 57.7 Å². The highest BCUT2D eigenvalue weighted by molar-refractivity contribution is 5.22. The van der Waals surface area contributed by atoms with Gasteiger partial charge in [0, 0.05) is 5.41 Å². The van der Waals surface area contributed by atoms with Crippen LogP contribution in [0.5, 0.6) is 0 Å². The maximum absolute atomic E-state index is 6.10. The van der Waals surface area contributed by atoms with Crippen LogP contribution in [0.25, 0.3) is 0 Å². The lowest BCUT2D eigenvalue weighted by Gasteiger charge is -2.46. The molecular weight excluding hydrogens is 224 g/mol. The third-order valence-corrected chi connectivity index (χ3v) is 6.03. The van der Waals surface area contributed by atoms with Gasteiger partial charge in [0.2, 0.25) is 0 Å². The van der Waals surface area contributed by atoms with Crippen LogP contribution in [0.2, 0.25) is 0 Å². The average Bonchev–Trinajstić information content (AvgIpc) is 2.73. The number of ether oxygens (including phenoxy) is 2. The van der Waals surface area contributed by atoms with Crippen molar-refractivity contribution < 1.29 is 9.47 Å². The third kappa shape index (κ3) is 1.48. The number of rotatable bonds is 0. The maximum Gasteiger partial charge on any atom is 0.0897 e. The molecule has 0 spiro atoms. The van der Waals surface area contributed by atoms with Crippen LogP contribution in [0, 0.1) is 17.3 Å². The molecule has 3 fully saturated rings. The summed E-state index contributed by atoms with van der Waals surface area (Å²) in [5.74, 6) is 1.65. The zero-order chi connectivity index (χ0) is 12.2. The van der Waals surface area contributed by atoms with Crippen molar-refractivity contribution in [2.75, 3.05) is 13.2 Å². The molecule has 5 atom stereocenters. The molecule has 0 aromatic carbocycles. The Balaban J connectivity index is 1.68. The monoisotopic (exact) mass is 248 g/mol. The second-order valence-electron chi connectivity index (χ2n) is 6.88. The molecule has 5 unspecified atom stereocenters. The fourth-order valence-corrected chi connectivity index (χ4v) is 5.13. The summed E-state index contributed by atoms with van der Waals surface area (Å²) in [4.78, 5) is 0. The van der Waals surface area contributed by atoms with Crippen molar-refractivity contribution in [1.82, 2.24) is 0 Å². The first-order chi connectivity index (χ1) is 8.79. The molecule has 3 aliphatic carbocycles. The minimum Gasteiger partial charge on any atom is -0.373 e. The standard InChI is InChI=1S/C16H24O2/c1-16-7-6-11-4-2-3-5-12(11)13(16)10-14-15(16)18-9-8-17-14/h6,12-15H,2-5,7-10H2,1H3. The van der Waals surface area contributed by atoms with Gasteiger partial charge in [0.05, 0.1) is 25.4 Å². The SMILES string of the molecule is CC12CC=C3CCCCC3C1CC1OCCOC12. The summed E-state index contributed by atoms with van der Waals surface area (Å²) < 4.78 is 12.1. The van der Waals surface area contributed by atoms with E-state index in [1.165, 1.54) is 38.5 Å². The summed E-state index contributed by atoms with van der Waals surface area (Å²) in [5, 5.41) is 0. The summed E-state index contributed by atoms with van der Waals surface area (Å²) in [6.45, 7) is 4.05. The molecule has 0 bridgehead atoms. The van der Waals surface area contributed by atoms with Crippen molar-refractivity contribution in [3.8, 4) is 0 Å². The van der Waals surface area contributed by atoms with Crippen LogP contribution >= 0.6 is 0 Å². The Morgan fingerprint density at radius 3 is 3.06 bits per heavy atom. The lowest BCUT2D eigenvalue weighted by molar-refractivity contribution is -0.157. The zero-order valence-corrected chi connectivity index (χ0v) is 11.4. The summed E-state index contributed by atoms with van der Waals surface area (Å²) in [7, 11) is 0. The van der Waals surface area contributed by atoms with Crippen LogP contribution < -0.4 is 0 Å². The Bertz CT molecular complexity index is 375. The number of hydrogen-bond acceptors (Lipinski definition) is 2. The predicted molar refractivity (Wildman–Crippen MR) is 70.4 cm³/mol. The first-order valence-electron chi connectivity index (χ1n) is 7.71. The molecule has 1 heterocycles. The molecule has 0 aromatic heterocycles. The van der Waals surface area contributed by atoms with E-state index in [0.717, 1.165) is 25.0 Å². The Morgan fingerprint density at radius 1 is 1.22 bits per heavy atom. The van der Waals surface area contributed by atoms with E-state index < -0.39 is 0 Å². The molecule has 2 nitrogen and oxygen atoms in total. The summed E-state index contributed by atoms with van der Waals surface area (Å²) in [6.07, 6.45) is 11.3. The van der Waals surface area contributed by atoms with Crippen molar-refractivity contribution in [3.63, 3.8) is 0 Å². The second-order valence-corrected chi connectivity index (χ2v) is 6.88. The van der Waals surface area contributed by atoms with E-state index in [0.29, 0.717) is 17.6 Å². The lowest BCUT2D eigenvalue weighted by Crippen LogP contribution is -2.45. The van der Waals surface area contributed by atoms with Crippen LogP contribution in [0.4, 0.5) is 0 Å². The topological polar surface area (TPSA) is 18.5 Å². The quantitative estimate of drug-likeness (QED) is 0.612. The van der Waals surface area contributed by atoms with Crippen LogP contribution in [0.3, 0.4) is 0 Å². The Morgan fingerprint density at radius 2 is 2.11 bits per heavy atom. The molecule has 0 N–H and O–H groups in total. The number of allylic oxidation sites excluding steroid dienone is 2. The van der Waals surface area contributed by atoms with Gasteiger partial charge in [-0.15, -0.1) is 0 Å². The number of hydrogen-bond donors (Lipinski definition) is 0. The van der Waals surface area contributed by atoms with E-state index in [9.17, 15) is 0 Å². The zero-order valence-electron chi connectivity index (χ0n) is 11.4. The van der Waals surface area contributed by atoms with Crippen LogP contribution in [-0.2, 0) is 9.47 Å². The average molecular weight is 248 g/mol. The van der Waals surface area contributed by atoms with Crippen molar-refractivity contribution in [1.29, 1.82) is 0 Å². The van der Waals surface area contributed by atoms with Gasteiger partial charge in [-0.1, -0.05) is 25.0 Å². The molecule has 2 heteroatoms. The molecule has 4 rings (SSSR count). The largest absolute Gasteiger partial charge is 0.373 e. The molecule has 100 valence electrons. The highest BCUT2D eigenvalue weighted by atomic mass is 16.6. The minimum atomic E-state index is 0.344. The molecule has 18 heavy (non-hydrogen) atoms. The van der Waals surface area contributed by atoms with Gasteiger partial charge < -0.3 is 9.47 Å². The minimum absolute atomic E-state index is 0.344. The van der Waals surface area contributed by atoms with Crippen molar-refractivity contribution >= 4 is 0 Å². The third-order valence-electron chi connectivity index (χ3n) is 6.03. The van der Waals surface area contributed by atoms with E-state index in [1.54, 1.807) is 5.57 Å². The second kappa shape index (κ2) is 4.08. The lowest BCUT2D eigenvalue weighted by atomic mass is 9.61. The molecule has 2 saturated carbocycles. The normalized spacial score (nSPS) is 51.1. The van der Waals surface area contributed by atoms with Gasteiger partial charge in [0.15, 0.2) is 0 Å². The smallest absolute Gasteiger partial charge is 0.0897 e. The first-order valence-corrected chi connectivity index (χ1v) is 7.71. The van der Waals surface area contributed by atoms with Gasteiger partial charge in [-0.05, 0) is 43.9 Å². The van der Waals surface area contributed by atoms with Gasteiger partial charge in [0.25, 0.3) is 0 Å². The van der Waals surface area contributed by atoms with E-state index >= 15 is 0 Å².